The van der Waals surface area contributed by atoms with Gasteiger partial charge in [0.25, 0.3) is 0 Å². The maximum absolute atomic E-state index is 12.5. The number of aryl methyl sites for hydroxylation is 3. The highest BCUT2D eigenvalue weighted by Crippen LogP contribution is 2.27. The second kappa shape index (κ2) is 8.37. The van der Waals surface area contributed by atoms with Gasteiger partial charge in [0.1, 0.15) is 0 Å². The summed E-state index contributed by atoms with van der Waals surface area (Å²) in [4.78, 5) is 21.6. The minimum absolute atomic E-state index is 0.0163. The normalized spacial score (nSPS) is 15.8. The van der Waals surface area contributed by atoms with Gasteiger partial charge in [-0.25, -0.2) is 4.98 Å². The summed E-state index contributed by atoms with van der Waals surface area (Å²) in [6.07, 6.45) is 1.02. The zero-order chi connectivity index (χ0) is 18.7. The monoisotopic (exact) mass is 392 g/mol. The molecule has 5 nitrogen and oxygen atoms in total. The molecule has 1 aliphatic heterocycles. The van der Waals surface area contributed by atoms with Gasteiger partial charge in [0.2, 0.25) is 5.91 Å². The molecule has 26 heavy (non-hydrogen) atoms. The molecule has 0 radical (unpaired) electrons. The van der Waals surface area contributed by atoms with Crippen LogP contribution in [0.2, 0.25) is 5.02 Å². The molecule has 140 valence electrons. The lowest BCUT2D eigenvalue weighted by atomic mass is 10.1. The summed E-state index contributed by atoms with van der Waals surface area (Å²) in [5.41, 5.74) is 3.87. The molecule has 1 N–H and O–H groups in total. The Bertz CT molecular complexity index is 769. The zero-order valence-corrected chi connectivity index (χ0v) is 17.1. The van der Waals surface area contributed by atoms with E-state index in [1.165, 1.54) is 0 Å². The molecule has 1 fully saturated rings. The second-order valence-electron chi connectivity index (χ2n) is 6.88. The van der Waals surface area contributed by atoms with Crippen LogP contribution in [0.5, 0.6) is 0 Å². The topological polar surface area (TPSA) is 48.5 Å². The van der Waals surface area contributed by atoms with E-state index >= 15 is 0 Å². The fraction of sp³-hybridized carbons (Fsp3) is 0.474. The van der Waals surface area contributed by atoms with Gasteiger partial charge in [-0.3, -0.25) is 9.69 Å². The van der Waals surface area contributed by atoms with Crippen LogP contribution in [-0.4, -0.2) is 48.5 Å². The molecule has 1 saturated heterocycles. The van der Waals surface area contributed by atoms with Gasteiger partial charge in [-0.2, -0.15) is 0 Å². The summed E-state index contributed by atoms with van der Waals surface area (Å²) in [6, 6.07) is 3.91. The summed E-state index contributed by atoms with van der Waals surface area (Å²) in [5.74, 6) is -0.0163. The van der Waals surface area contributed by atoms with Crippen LogP contribution in [-0.2, 0) is 4.79 Å². The summed E-state index contributed by atoms with van der Waals surface area (Å²) in [5, 5.41) is 6.74. The molecule has 7 heteroatoms. The number of carbonyl (C=O) groups excluding carboxylic acids is 1. The van der Waals surface area contributed by atoms with Crippen molar-refractivity contribution in [1.82, 2.24) is 9.88 Å². The summed E-state index contributed by atoms with van der Waals surface area (Å²) in [6.45, 7) is 10.0. The Labute approximate surface area is 164 Å². The first-order chi connectivity index (χ1) is 12.4. The van der Waals surface area contributed by atoms with Crippen LogP contribution in [0.1, 0.15) is 23.2 Å². The number of hydrogen-bond acceptors (Lipinski definition) is 5. The van der Waals surface area contributed by atoms with Crippen LogP contribution < -0.4 is 10.2 Å². The number of anilines is 2. The third-order valence-electron chi connectivity index (χ3n) is 4.53. The molecule has 2 heterocycles. The number of nitrogens with zero attached hydrogens (tertiary/aromatic N) is 3. The summed E-state index contributed by atoms with van der Waals surface area (Å²) in [7, 11) is 0. The fourth-order valence-corrected chi connectivity index (χ4v) is 4.49. The van der Waals surface area contributed by atoms with Gasteiger partial charge in [-0.05, 0) is 44.4 Å². The minimum atomic E-state index is -0.0163. The van der Waals surface area contributed by atoms with E-state index in [-0.39, 0.29) is 5.91 Å². The van der Waals surface area contributed by atoms with Crippen LogP contribution in [0, 0.1) is 20.8 Å². The van der Waals surface area contributed by atoms with Gasteiger partial charge in [-0.1, -0.05) is 17.7 Å². The average molecular weight is 393 g/mol. The Balaban J connectivity index is 1.57. The second-order valence-corrected chi connectivity index (χ2v) is 8.12. The quantitative estimate of drug-likeness (QED) is 0.857. The van der Waals surface area contributed by atoms with Crippen molar-refractivity contribution in [2.75, 3.05) is 42.9 Å². The maximum Gasteiger partial charge on any atom is 0.238 e. The van der Waals surface area contributed by atoms with Crippen molar-refractivity contribution in [3.63, 3.8) is 0 Å². The van der Waals surface area contributed by atoms with E-state index in [2.05, 4.69) is 25.5 Å². The Morgan fingerprint density at radius 3 is 2.73 bits per heavy atom. The van der Waals surface area contributed by atoms with Crippen molar-refractivity contribution < 1.29 is 4.79 Å². The van der Waals surface area contributed by atoms with Crippen molar-refractivity contribution in [2.24, 2.45) is 0 Å². The number of thiazole rings is 1. The van der Waals surface area contributed by atoms with Crippen molar-refractivity contribution in [3.05, 3.63) is 39.4 Å². The highest BCUT2D eigenvalue weighted by molar-refractivity contribution is 7.13. The molecule has 1 aromatic carbocycles. The van der Waals surface area contributed by atoms with Crippen molar-refractivity contribution in [1.29, 1.82) is 0 Å². The molecule has 0 unspecified atom stereocenters. The van der Waals surface area contributed by atoms with Crippen LogP contribution >= 0.6 is 22.9 Å². The molecule has 0 spiro atoms. The van der Waals surface area contributed by atoms with E-state index in [1.807, 2.05) is 32.9 Å². The van der Waals surface area contributed by atoms with E-state index in [0.29, 0.717) is 11.6 Å². The first kappa shape index (κ1) is 19.1. The molecule has 1 amide bonds. The number of nitrogens with one attached hydrogen (secondary N) is 1. The van der Waals surface area contributed by atoms with Crippen molar-refractivity contribution >= 4 is 39.7 Å². The van der Waals surface area contributed by atoms with E-state index in [0.717, 1.165) is 60.2 Å². The molecule has 0 aliphatic carbocycles. The number of carbonyl (C=O) groups is 1. The van der Waals surface area contributed by atoms with Crippen LogP contribution in [0.4, 0.5) is 10.8 Å². The van der Waals surface area contributed by atoms with E-state index in [1.54, 1.807) is 11.3 Å². The minimum Gasteiger partial charge on any atom is -0.347 e. The number of hydrogen-bond donors (Lipinski definition) is 1. The largest absolute Gasteiger partial charge is 0.347 e. The third-order valence-corrected chi connectivity index (χ3v) is 5.85. The lowest BCUT2D eigenvalue weighted by Gasteiger charge is -2.21. The standard InChI is InChI=1S/C19H25ClN4OS/c1-13-9-14(2)18(16(20)10-13)22-17(25)11-23-5-4-6-24(8-7-23)19-21-15(3)12-26-19/h9-10,12H,4-8,11H2,1-3H3,(H,22,25). The number of rotatable bonds is 4. The molecule has 2 aromatic rings. The van der Waals surface area contributed by atoms with Crippen LogP contribution in [0.15, 0.2) is 17.5 Å². The average Bonchev–Trinajstić information content (AvgIpc) is 2.86. The highest BCUT2D eigenvalue weighted by Gasteiger charge is 2.19. The first-order valence-electron chi connectivity index (χ1n) is 8.88. The molecule has 0 saturated carbocycles. The van der Waals surface area contributed by atoms with Gasteiger partial charge in [-0.15, -0.1) is 11.3 Å². The molecule has 1 aromatic heterocycles. The molecule has 3 rings (SSSR count). The Morgan fingerprint density at radius 2 is 2.04 bits per heavy atom. The van der Waals surface area contributed by atoms with Crippen LogP contribution in [0.25, 0.3) is 0 Å². The number of amides is 1. The van der Waals surface area contributed by atoms with Crippen molar-refractivity contribution in [3.8, 4) is 0 Å². The van der Waals surface area contributed by atoms with Gasteiger partial charge in [0.15, 0.2) is 5.13 Å². The van der Waals surface area contributed by atoms with Gasteiger partial charge in [0, 0.05) is 31.6 Å². The number of halogens is 1. The number of benzene rings is 1. The number of aromatic nitrogens is 1. The Hall–Kier alpha value is -1.63. The van der Waals surface area contributed by atoms with E-state index in [9.17, 15) is 4.79 Å². The van der Waals surface area contributed by atoms with Crippen molar-refractivity contribution in [2.45, 2.75) is 27.2 Å². The molecular weight excluding hydrogens is 368 g/mol. The first-order valence-corrected chi connectivity index (χ1v) is 10.1. The zero-order valence-electron chi connectivity index (χ0n) is 15.5. The smallest absolute Gasteiger partial charge is 0.238 e. The van der Waals surface area contributed by atoms with Gasteiger partial charge >= 0.3 is 0 Å². The summed E-state index contributed by atoms with van der Waals surface area (Å²) >= 11 is 7.98. The molecule has 0 atom stereocenters. The van der Waals surface area contributed by atoms with Gasteiger partial charge < -0.3 is 10.2 Å². The van der Waals surface area contributed by atoms with E-state index < -0.39 is 0 Å². The summed E-state index contributed by atoms with van der Waals surface area (Å²) < 4.78 is 0. The highest BCUT2D eigenvalue weighted by atomic mass is 35.5. The molecule has 1 aliphatic rings. The Morgan fingerprint density at radius 1 is 1.23 bits per heavy atom. The van der Waals surface area contributed by atoms with Gasteiger partial charge in [0.05, 0.1) is 22.9 Å². The molecule has 0 bridgehead atoms. The fourth-order valence-electron chi connectivity index (χ4n) is 3.26. The Kier molecular flexibility index (Phi) is 6.16. The third kappa shape index (κ3) is 4.75. The van der Waals surface area contributed by atoms with Crippen LogP contribution in [0.3, 0.4) is 0 Å². The lowest BCUT2D eigenvalue weighted by molar-refractivity contribution is -0.117. The predicted molar refractivity (Wildman–Crippen MR) is 110 cm³/mol. The maximum atomic E-state index is 12.5. The SMILES string of the molecule is Cc1cc(C)c(NC(=O)CN2CCCN(c3nc(C)cs3)CC2)c(Cl)c1. The predicted octanol–water partition coefficient (Wildman–Crippen LogP) is 3.87. The lowest BCUT2D eigenvalue weighted by Crippen LogP contribution is -2.36. The van der Waals surface area contributed by atoms with E-state index in [4.69, 9.17) is 11.6 Å². The molecular formula is C19H25ClN4OS.